The van der Waals surface area contributed by atoms with Gasteiger partial charge in [-0.1, -0.05) is 62.2 Å². The first kappa shape index (κ1) is 18.4. The molecule has 0 aliphatic rings. The van der Waals surface area contributed by atoms with Crippen molar-refractivity contribution < 1.29 is 4.79 Å². The molecule has 0 aliphatic carbocycles. The molecule has 0 N–H and O–H groups in total. The van der Waals surface area contributed by atoms with E-state index in [4.69, 9.17) is 0 Å². The minimum absolute atomic E-state index is 0.232. The molecule has 0 aliphatic heterocycles. The van der Waals surface area contributed by atoms with Crippen LogP contribution in [0.3, 0.4) is 0 Å². The third kappa shape index (κ3) is 4.56. The molecule has 2 aromatic rings. The van der Waals surface area contributed by atoms with Crippen LogP contribution >= 0.6 is 31.9 Å². The van der Waals surface area contributed by atoms with Gasteiger partial charge in [0.05, 0.1) is 5.92 Å². The molecule has 0 bridgehead atoms. The minimum atomic E-state index is -0.518. The maximum atomic E-state index is 13.0. The highest BCUT2D eigenvalue weighted by Crippen LogP contribution is 2.29. The van der Waals surface area contributed by atoms with Gasteiger partial charge in [0.15, 0.2) is 6.19 Å². The Morgan fingerprint density at radius 2 is 1.54 bits per heavy atom. The molecule has 2 aromatic carbocycles. The van der Waals surface area contributed by atoms with E-state index in [1.54, 1.807) is 6.08 Å². The molecule has 2 rings (SSSR count). The van der Waals surface area contributed by atoms with Crippen molar-refractivity contribution in [3.63, 3.8) is 0 Å². The number of carbonyl (C=O) groups is 1. The maximum absolute atomic E-state index is 13.0. The van der Waals surface area contributed by atoms with E-state index in [0.717, 1.165) is 20.1 Å². The first-order valence-electron chi connectivity index (χ1n) is 7.39. The lowest BCUT2D eigenvalue weighted by Crippen LogP contribution is -2.32. The van der Waals surface area contributed by atoms with Crippen molar-refractivity contribution in [1.82, 2.24) is 4.90 Å². The number of halogens is 2. The smallest absolute Gasteiger partial charge is 0.247 e. The molecule has 5 heteroatoms. The highest BCUT2D eigenvalue weighted by molar-refractivity contribution is 9.10. The van der Waals surface area contributed by atoms with Gasteiger partial charge in [0.2, 0.25) is 5.91 Å². The molecule has 0 radical (unpaired) electrons. The van der Waals surface area contributed by atoms with Gasteiger partial charge in [-0.15, -0.1) is 6.58 Å². The summed E-state index contributed by atoms with van der Waals surface area (Å²) in [6.07, 6.45) is 4.27. The van der Waals surface area contributed by atoms with E-state index in [1.165, 1.54) is 4.90 Å². The number of rotatable bonds is 6. The van der Waals surface area contributed by atoms with Crippen molar-refractivity contribution in [1.29, 1.82) is 5.26 Å². The molecular weight excluding hydrogens is 432 g/mol. The van der Waals surface area contributed by atoms with Crippen LogP contribution in [0.15, 0.2) is 70.1 Å². The Labute approximate surface area is 158 Å². The molecule has 0 spiro atoms. The quantitative estimate of drug-likeness (QED) is 0.345. The van der Waals surface area contributed by atoms with Gasteiger partial charge in [0.1, 0.15) is 0 Å². The Bertz CT molecular complexity index is 703. The minimum Gasteiger partial charge on any atom is -0.273 e. The first-order valence-corrected chi connectivity index (χ1v) is 8.98. The molecular formula is C19H16Br2N2O. The predicted octanol–water partition coefficient (Wildman–Crippen LogP) is 5.23. The van der Waals surface area contributed by atoms with Crippen molar-refractivity contribution in [3.8, 4) is 6.19 Å². The van der Waals surface area contributed by atoms with E-state index >= 15 is 0 Å². The lowest BCUT2D eigenvalue weighted by atomic mass is 9.90. The van der Waals surface area contributed by atoms with E-state index in [9.17, 15) is 10.1 Å². The molecule has 0 fully saturated rings. The lowest BCUT2D eigenvalue weighted by Gasteiger charge is -2.22. The van der Waals surface area contributed by atoms with Crippen molar-refractivity contribution in [2.75, 3.05) is 6.54 Å². The second kappa shape index (κ2) is 8.81. The SMILES string of the molecule is C=CCCN(C#N)C(=O)C(c1ccc(Br)cc1)c1ccc(Br)cc1. The molecule has 0 saturated carbocycles. The van der Waals surface area contributed by atoms with Crippen LogP contribution in [0.2, 0.25) is 0 Å². The Morgan fingerprint density at radius 3 is 1.92 bits per heavy atom. The van der Waals surface area contributed by atoms with Crippen LogP contribution in [0.5, 0.6) is 0 Å². The summed E-state index contributed by atoms with van der Waals surface area (Å²) in [5.41, 5.74) is 1.70. The second-order valence-electron chi connectivity index (χ2n) is 5.20. The van der Waals surface area contributed by atoms with E-state index in [-0.39, 0.29) is 5.91 Å². The topological polar surface area (TPSA) is 44.1 Å². The van der Waals surface area contributed by atoms with Crippen molar-refractivity contribution in [3.05, 3.63) is 81.3 Å². The standard InChI is InChI=1S/C19H16Br2N2O/c1-2-3-12-23(13-22)19(24)18(14-4-8-16(20)9-5-14)15-6-10-17(21)11-7-15/h2,4-11,18H,1,3,12H2. The third-order valence-corrected chi connectivity index (χ3v) is 4.65. The van der Waals surface area contributed by atoms with Gasteiger partial charge in [-0.25, -0.2) is 4.90 Å². The zero-order valence-corrected chi connectivity index (χ0v) is 16.1. The Morgan fingerprint density at radius 1 is 1.08 bits per heavy atom. The number of nitrogens with zero attached hydrogens (tertiary/aromatic N) is 2. The highest BCUT2D eigenvalue weighted by atomic mass is 79.9. The fraction of sp³-hybridized carbons (Fsp3) is 0.158. The zero-order valence-electron chi connectivity index (χ0n) is 13.0. The van der Waals surface area contributed by atoms with Crippen molar-refractivity contribution in [2.45, 2.75) is 12.3 Å². The summed E-state index contributed by atoms with van der Waals surface area (Å²) in [4.78, 5) is 14.2. The largest absolute Gasteiger partial charge is 0.273 e. The van der Waals surface area contributed by atoms with Crippen molar-refractivity contribution >= 4 is 37.8 Å². The third-order valence-electron chi connectivity index (χ3n) is 3.60. The van der Waals surface area contributed by atoms with Gasteiger partial charge in [0.25, 0.3) is 0 Å². The number of hydrogen-bond donors (Lipinski definition) is 0. The monoisotopic (exact) mass is 446 g/mol. The molecule has 122 valence electrons. The van der Waals surface area contributed by atoms with Gasteiger partial charge in [0, 0.05) is 15.5 Å². The fourth-order valence-corrected chi connectivity index (χ4v) is 2.90. The summed E-state index contributed by atoms with van der Waals surface area (Å²) in [7, 11) is 0. The highest BCUT2D eigenvalue weighted by Gasteiger charge is 2.27. The van der Waals surface area contributed by atoms with E-state index < -0.39 is 5.92 Å². The number of benzene rings is 2. The summed E-state index contributed by atoms with van der Waals surface area (Å²) in [5.74, 6) is -0.750. The summed E-state index contributed by atoms with van der Waals surface area (Å²) < 4.78 is 1.88. The lowest BCUT2D eigenvalue weighted by molar-refractivity contribution is -0.128. The number of carbonyl (C=O) groups excluding carboxylic acids is 1. The summed E-state index contributed by atoms with van der Waals surface area (Å²) >= 11 is 6.82. The molecule has 3 nitrogen and oxygen atoms in total. The van der Waals surface area contributed by atoms with Gasteiger partial charge in [-0.2, -0.15) is 5.26 Å². The summed E-state index contributed by atoms with van der Waals surface area (Å²) in [6.45, 7) is 3.98. The molecule has 0 unspecified atom stereocenters. The molecule has 1 amide bonds. The van der Waals surface area contributed by atoms with Crippen LogP contribution in [0.1, 0.15) is 23.5 Å². The Balaban J connectivity index is 2.43. The van der Waals surface area contributed by atoms with Crippen LogP contribution in [0, 0.1) is 11.5 Å². The van der Waals surface area contributed by atoms with Crippen LogP contribution in [-0.4, -0.2) is 17.4 Å². The Hall–Kier alpha value is -1.90. The number of hydrogen-bond acceptors (Lipinski definition) is 2. The van der Waals surface area contributed by atoms with E-state index in [0.29, 0.717) is 13.0 Å². The zero-order chi connectivity index (χ0) is 17.5. The van der Waals surface area contributed by atoms with Gasteiger partial charge >= 0.3 is 0 Å². The molecule has 0 atom stereocenters. The second-order valence-corrected chi connectivity index (χ2v) is 7.03. The number of nitriles is 1. The maximum Gasteiger partial charge on any atom is 0.247 e. The number of amides is 1. The molecule has 24 heavy (non-hydrogen) atoms. The van der Waals surface area contributed by atoms with Crippen LogP contribution < -0.4 is 0 Å². The van der Waals surface area contributed by atoms with Crippen LogP contribution in [0.4, 0.5) is 0 Å². The van der Waals surface area contributed by atoms with Gasteiger partial charge in [-0.3, -0.25) is 4.79 Å². The first-order chi connectivity index (χ1) is 11.6. The van der Waals surface area contributed by atoms with Crippen LogP contribution in [0.25, 0.3) is 0 Å². The normalized spacial score (nSPS) is 10.2. The summed E-state index contributed by atoms with van der Waals surface area (Å²) in [5, 5.41) is 9.36. The fourth-order valence-electron chi connectivity index (χ4n) is 2.37. The van der Waals surface area contributed by atoms with Gasteiger partial charge in [-0.05, 0) is 41.8 Å². The molecule has 0 saturated heterocycles. The van der Waals surface area contributed by atoms with Gasteiger partial charge < -0.3 is 0 Å². The van der Waals surface area contributed by atoms with Crippen molar-refractivity contribution in [2.24, 2.45) is 0 Å². The van der Waals surface area contributed by atoms with Crippen LogP contribution in [-0.2, 0) is 4.79 Å². The van der Waals surface area contributed by atoms with E-state index in [2.05, 4.69) is 38.4 Å². The Kier molecular flexibility index (Phi) is 6.77. The average molecular weight is 448 g/mol. The molecule has 0 aromatic heterocycles. The molecule has 0 heterocycles. The van der Waals surface area contributed by atoms with E-state index in [1.807, 2.05) is 54.7 Å². The summed E-state index contributed by atoms with van der Waals surface area (Å²) in [6, 6.07) is 15.2. The predicted molar refractivity (Wildman–Crippen MR) is 102 cm³/mol. The average Bonchev–Trinajstić information content (AvgIpc) is 2.59.